The first-order chi connectivity index (χ1) is 7.80. The number of alkyl halides is 3. The average Bonchev–Trinajstić information content (AvgIpc) is 2.15. The average molecular weight is 283 g/mol. The fourth-order valence-electron chi connectivity index (χ4n) is 0.984. The lowest BCUT2D eigenvalue weighted by molar-refractivity contribution is -0.136. The van der Waals surface area contributed by atoms with E-state index in [9.17, 15) is 13.2 Å². The summed E-state index contributed by atoms with van der Waals surface area (Å²) in [7, 11) is 0. The number of halogens is 4. The van der Waals surface area contributed by atoms with E-state index in [0.717, 1.165) is 18.2 Å². The van der Waals surface area contributed by atoms with Gasteiger partial charge in [-0.1, -0.05) is 16.8 Å². The van der Waals surface area contributed by atoms with Crippen molar-refractivity contribution in [2.24, 2.45) is 16.1 Å². The van der Waals surface area contributed by atoms with E-state index in [1.165, 1.54) is 0 Å². The summed E-state index contributed by atoms with van der Waals surface area (Å²) in [5, 5.41) is 6.22. The van der Waals surface area contributed by atoms with Crippen LogP contribution >= 0.6 is 23.8 Å². The summed E-state index contributed by atoms with van der Waals surface area (Å²) in [5.41, 5.74) is 5.83. The summed E-state index contributed by atoms with van der Waals surface area (Å²) < 4.78 is 37.7. The quantitative estimate of drug-likeness (QED) is 0.496. The third-order valence-corrected chi connectivity index (χ3v) is 1.92. The second-order valence-electron chi connectivity index (χ2n) is 2.84. The van der Waals surface area contributed by atoms with Gasteiger partial charge in [-0.25, -0.2) is 0 Å². The van der Waals surface area contributed by atoms with E-state index < -0.39 is 11.7 Å². The minimum atomic E-state index is -4.52. The van der Waals surface area contributed by atoms with Crippen LogP contribution in [-0.2, 0) is 6.18 Å². The summed E-state index contributed by atoms with van der Waals surface area (Å²) in [6.45, 7) is 0. The van der Waals surface area contributed by atoms with Gasteiger partial charge in [0.25, 0.3) is 0 Å². The zero-order valence-electron chi connectivity index (χ0n) is 8.12. The molecule has 3 N–H and O–H groups in total. The predicted molar refractivity (Wildman–Crippen MR) is 61.7 cm³/mol. The second kappa shape index (κ2) is 5.28. The highest BCUT2D eigenvalue weighted by Crippen LogP contribution is 2.36. The van der Waals surface area contributed by atoms with Crippen LogP contribution in [0.2, 0.25) is 5.02 Å². The van der Waals surface area contributed by atoms with Crippen molar-refractivity contribution >= 4 is 34.6 Å². The van der Waals surface area contributed by atoms with Crippen LogP contribution in [-0.4, -0.2) is 5.11 Å². The van der Waals surface area contributed by atoms with Gasteiger partial charge >= 0.3 is 6.18 Å². The molecule has 0 saturated heterocycles. The topological polar surface area (TPSA) is 62.8 Å². The van der Waals surface area contributed by atoms with Crippen LogP contribution in [0.1, 0.15) is 5.56 Å². The maximum Gasteiger partial charge on any atom is 0.418 e. The Morgan fingerprint density at radius 3 is 2.59 bits per heavy atom. The number of hydrogen-bond donors (Lipinski definition) is 2. The molecule has 1 rings (SSSR count). The maximum atomic E-state index is 12.6. The molecule has 1 aromatic carbocycles. The van der Waals surface area contributed by atoms with Crippen LogP contribution in [0.5, 0.6) is 0 Å². The van der Waals surface area contributed by atoms with Crippen molar-refractivity contribution in [1.29, 1.82) is 0 Å². The normalized spacial score (nSPS) is 11.8. The minimum Gasteiger partial charge on any atom is -0.373 e. The highest BCUT2D eigenvalue weighted by molar-refractivity contribution is 7.80. The lowest BCUT2D eigenvalue weighted by Crippen LogP contribution is -2.09. The van der Waals surface area contributed by atoms with Crippen LogP contribution in [0.3, 0.4) is 0 Å². The summed E-state index contributed by atoms with van der Waals surface area (Å²) in [5.74, 6) is 0. The van der Waals surface area contributed by atoms with Crippen LogP contribution in [0.4, 0.5) is 18.9 Å². The Morgan fingerprint density at radius 1 is 1.41 bits per heavy atom. The molecule has 0 fully saturated rings. The van der Waals surface area contributed by atoms with Gasteiger partial charge < -0.3 is 5.73 Å². The Hall–Kier alpha value is -1.41. The number of benzene rings is 1. The van der Waals surface area contributed by atoms with Crippen molar-refractivity contribution < 1.29 is 13.2 Å². The molecular weight excluding hydrogens is 277 g/mol. The Balaban J connectivity index is 3.04. The standard InChI is InChI=1S/C8H6ClF3N4S/c9-4-1-2-5(8(10,11)12)6(3-4)14-16-15-7(13)17/h1-3H,(H3,13,14,15,17). The molecule has 0 spiro atoms. The van der Waals surface area contributed by atoms with Crippen molar-refractivity contribution in [3.05, 3.63) is 28.8 Å². The summed E-state index contributed by atoms with van der Waals surface area (Å²) >= 11 is 9.95. The van der Waals surface area contributed by atoms with Gasteiger partial charge in [0, 0.05) is 5.02 Å². The first-order valence-corrected chi connectivity index (χ1v) is 4.92. The predicted octanol–water partition coefficient (Wildman–Crippen LogP) is 3.38. The molecule has 0 atom stereocenters. The van der Waals surface area contributed by atoms with Gasteiger partial charge in [-0.15, -0.1) is 5.11 Å². The van der Waals surface area contributed by atoms with Gasteiger partial charge in [-0.3, -0.25) is 5.43 Å². The fraction of sp³-hybridized carbons (Fsp3) is 0.125. The molecule has 0 aliphatic heterocycles. The van der Waals surface area contributed by atoms with Crippen LogP contribution in [0.25, 0.3) is 0 Å². The van der Waals surface area contributed by atoms with Gasteiger partial charge in [-0.2, -0.15) is 13.2 Å². The lowest BCUT2D eigenvalue weighted by atomic mass is 10.2. The monoisotopic (exact) mass is 282 g/mol. The number of anilines is 1. The second-order valence-corrected chi connectivity index (χ2v) is 3.69. The number of thiocarbonyl (C=S) groups is 1. The molecular formula is C8H6ClF3N4S. The molecule has 0 aromatic heterocycles. The van der Waals surface area contributed by atoms with E-state index in [1.807, 2.05) is 0 Å². The van der Waals surface area contributed by atoms with Crippen molar-refractivity contribution in [2.45, 2.75) is 6.18 Å². The van der Waals surface area contributed by atoms with Crippen LogP contribution < -0.4 is 11.2 Å². The highest BCUT2D eigenvalue weighted by atomic mass is 35.5. The molecule has 0 amide bonds. The number of hydrogen-bond acceptors (Lipinski definition) is 2. The summed E-state index contributed by atoms with van der Waals surface area (Å²) in [6, 6.07) is 3.03. The minimum absolute atomic E-state index is 0.131. The molecule has 0 radical (unpaired) electrons. The molecule has 0 unspecified atom stereocenters. The van der Waals surface area contributed by atoms with E-state index >= 15 is 0 Å². The zero-order valence-corrected chi connectivity index (χ0v) is 9.70. The van der Waals surface area contributed by atoms with E-state index in [4.69, 9.17) is 17.3 Å². The summed E-state index contributed by atoms with van der Waals surface area (Å²) in [6.07, 6.45) is -4.52. The van der Waals surface area contributed by atoms with E-state index in [2.05, 4.69) is 28.0 Å². The largest absolute Gasteiger partial charge is 0.418 e. The number of nitrogens with one attached hydrogen (secondary N) is 1. The van der Waals surface area contributed by atoms with Crippen LogP contribution in [0, 0.1) is 0 Å². The number of rotatable bonds is 2. The molecule has 9 heteroatoms. The molecule has 0 bridgehead atoms. The van der Waals surface area contributed by atoms with Gasteiger partial charge in [0.15, 0.2) is 0 Å². The van der Waals surface area contributed by atoms with E-state index in [-0.39, 0.29) is 15.8 Å². The third kappa shape index (κ3) is 4.16. The van der Waals surface area contributed by atoms with Gasteiger partial charge in [-0.05, 0) is 30.4 Å². The first-order valence-electron chi connectivity index (χ1n) is 4.13. The Labute approximate surface area is 105 Å². The SMILES string of the molecule is NC(=S)/N=N/Nc1cc(Cl)ccc1C(F)(F)F. The highest BCUT2D eigenvalue weighted by Gasteiger charge is 2.33. The maximum absolute atomic E-state index is 12.6. The summed E-state index contributed by atoms with van der Waals surface area (Å²) in [4.78, 5) is 0. The lowest BCUT2D eigenvalue weighted by Gasteiger charge is -2.11. The molecule has 0 heterocycles. The molecule has 0 aliphatic rings. The number of nitrogens with two attached hydrogens (primary N) is 1. The Morgan fingerprint density at radius 2 is 2.06 bits per heavy atom. The zero-order chi connectivity index (χ0) is 13.1. The first kappa shape index (κ1) is 13.7. The number of nitrogens with zero attached hydrogens (tertiary/aromatic N) is 2. The van der Waals surface area contributed by atoms with Crippen LogP contribution in [0.15, 0.2) is 28.5 Å². The van der Waals surface area contributed by atoms with Gasteiger partial charge in [0.05, 0.1) is 11.3 Å². The molecule has 92 valence electrons. The Bertz CT molecular complexity index is 461. The van der Waals surface area contributed by atoms with Crippen molar-refractivity contribution in [3.63, 3.8) is 0 Å². The Kier molecular flexibility index (Phi) is 4.24. The molecule has 1 aromatic rings. The van der Waals surface area contributed by atoms with Crippen molar-refractivity contribution in [1.82, 2.24) is 0 Å². The van der Waals surface area contributed by atoms with Gasteiger partial charge in [0.1, 0.15) is 0 Å². The van der Waals surface area contributed by atoms with E-state index in [0.29, 0.717) is 0 Å². The van der Waals surface area contributed by atoms with Crippen molar-refractivity contribution in [2.75, 3.05) is 5.43 Å². The molecule has 17 heavy (non-hydrogen) atoms. The third-order valence-electron chi connectivity index (χ3n) is 1.61. The van der Waals surface area contributed by atoms with Crippen molar-refractivity contribution in [3.8, 4) is 0 Å². The van der Waals surface area contributed by atoms with E-state index in [1.54, 1.807) is 0 Å². The smallest absolute Gasteiger partial charge is 0.373 e. The molecule has 4 nitrogen and oxygen atoms in total. The molecule has 0 saturated carbocycles. The van der Waals surface area contributed by atoms with Gasteiger partial charge in [0.2, 0.25) is 5.11 Å². The molecule has 0 aliphatic carbocycles. The fourth-order valence-corrected chi connectivity index (χ4v) is 1.20.